The fraction of sp³-hybridized carbons (Fsp3) is 0.778. The molecular weight excluding hydrogens is 715 g/mol. The molecule has 10 heteroatoms. The van der Waals surface area contributed by atoms with Crippen LogP contribution in [0.1, 0.15) is 194 Å². The molecule has 0 aliphatic carbocycles. The third-order valence-electron chi connectivity index (χ3n) is 9.36. The lowest BCUT2D eigenvalue weighted by Gasteiger charge is -2.18. The number of unbranched alkanes of at least 4 members (excludes halogenated alkanes) is 19. The van der Waals surface area contributed by atoms with Gasteiger partial charge < -0.3 is 24.4 Å². The van der Waals surface area contributed by atoms with E-state index in [4.69, 9.17) is 19.3 Å². The average Bonchev–Trinajstić information content (AvgIpc) is 3.13. The van der Waals surface area contributed by atoms with Gasteiger partial charge in [-0.3, -0.25) is 14.1 Å². The summed E-state index contributed by atoms with van der Waals surface area (Å²) in [6, 6.07) is 0. The highest BCUT2D eigenvalue weighted by molar-refractivity contribution is 7.46. The molecule has 9 nitrogen and oxygen atoms in total. The number of esters is 2. The van der Waals surface area contributed by atoms with E-state index < -0.39 is 38.6 Å². The Bertz CT molecular complexity index is 1060. The molecule has 0 aromatic heterocycles. The summed E-state index contributed by atoms with van der Waals surface area (Å²) in [5, 5.41) is 10.00. The fourth-order valence-corrected chi connectivity index (χ4v) is 6.41. The Kier molecular flexibility index (Phi) is 37.4. The van der Waals surface area contributed by atoms with Gasteiger partial charge in [-0.25, -0.2) is 4.57 Å². The minimum Gasteiger partial charge on any atom is -0.462 e. The molecule has 0 aromatic carbocycles. The van der Waals surface area contributed by atoms with Crippen molar-refractivity contribution < 1.29 is 43.0 Å². The summed E-state index contributed by atoms with van der Waals surface area (Å²) < 4.78 is 26.3. The second kappa shape index (κ2) is 38.8. The number of carbonyl (C=O) groups excluding carboxylic acids is 2. The van der Waals surface area contributed by atoms with Crippen molar-refractivity contribution in [2.75, 3.05) is 13.2 Å². The van der Waals surface area contributed by atoms with Gasteiger partial charge >= 0.3 is 19.8 Å². The van der Waals surface area contributed by atoms with Crippen LogP contribution >= 0.6 is 7.82 Å². The zero-order valence-electron chi connectivity index (χ0n) is 35.1. The predicted octanol–water partition coefficient (Wildman–Crippen LogP) is 12.3. The van der Waals surface area contributed by atoms with Gasteiger partial charge in [-0.1, -0.05) is 185 Å². The van der Waals surface area contributed by atoms with Crippen molar-refractivity contribution in [2.24, 2.45) is 5.92 Å². The second-order valence-corrected chi connectivity index (χ2v) is 16.6. The summed E-state index contributed by atoms with van der Waals surface area (Å²) in [5.74, 6) is -0.151. The number of aliphatic hydroxyl groups excluding tert-OH is 1. The monoisotopic (exact) mass is 797 g/mol. The van der Waals surface area contributed by atoms with Gasteiger partial charge in [0.25, 0.3) is 0 Å². The lowest BCUT2D eigenvalue weighted by atomic mass is 10.0. The highest BCUT2D eigenvalue weighted by Gasteiger charge is 2.22. The first-order valence-corrected chi connectivity index (χ1v) is 23.4. The fourth-order valence-electron chi connectivity index (χ4n) is 6.05. The molecule has 0 saturated carbocycles. The van der Waals surface area contributed by atoms with Crippen molar-refractivity contribution in [3.8, 4) is 0 Å². The molecule has 2 atom stereocenters. The van der Waals surface area contributed by atoms with Crippen LogP contribution in [-0.2, 0) is 28.2 Å². The molecule has 0 rings (SSSR count). The zero-order valence-corrected chi connectivity index (χ0v) is 36.0. The van der Waals surface area contributed by atoms with Crippen LogP contribution in [0.2, 0.25) is 0 Å². The molecule has 0 radical (unpaired) electrons. The standard InChI is InChI=1S/C45H81O9P/c1-4-5-6-7-25-30-35-42(46)36-31-26-21-18-19-22-27-32-37-44(47)52-39-43(40-53-55(49,50)51)54-45(48)38-33-28-23-17-15-13-11-9-8-10-12-14-16-20-24-29-34-41(2)3/h19,21-22,25-26,30-31,36,41-43,46H,4-18,20,23-24,27-29,32-35,37-40H2,1-3H3,(H2,49,50,51)/b22-19-,26-21-,30-25-,36-31+/t42-,43-/m1/s1. The first kappa shape index (κ1) is 53.0. The SMILES string of the molecule is CCCCC/C=C\C[C@@H](O)/C=C/C=C\C/C=C\CCCC(=O)OC[C@H](COP(=O)(O)O)OC(=O)CCCCCCCCCCCCCCCCCCC(C)C. The molecule has 0 bridgehead atoms. The van der Waals surface area contributed by atoms with E-state index in [0.29, 0.717) is 25.7 Å². The highest BCUT2D eigenvalue weighted by Crippen LogP contribution is 2.36. The molecule has 0 amide bonds. The van der Waals surface area contributed by atoms with Crippen molar-refractivity contribution >= 4 is 19.8 Å². The van der Waals surface area contributed by atoms with Crippen molar-refractivity contribution in [3.05, 3.63) is 48.6 Å². The first-order valence-electron chi connectivity index (χ1n) is 21.9. The summed E-state index contributed by atoms with van der Waals surface area (Å²) >= 11 is 0. The minimum absolute atomic E-state index is 0.159. The minimum atomic E-state index is -4.78. The predicted molar refractivity (Wildman–Crippen MR) is 227 cm³/mol. The highest BCUT2D eigenvalue weighted by atomic mass is 31.2. The molecule has 55 heavy (non-hydrogen) atoms. The summed E-state index contributed by atoms with van der Waals surface area (Å²) in [4.78, 5) is 42.9. The van der Waals surface area contributed by atoms with Crippen molar-refractivity contribution in [1.29, 1.82) is 0 Å². The van der Waals surface area contributed by atoms with Crippen LogP contribution in [-0.4, -0.2) is 52.3 Å². The second-order valence-electron chi connectivity index (χ2n) is 15.4. The van der Waals surface area contributed by atoms with Crippen LogP contribution in [0.3, 0.4) is 0 Å². The number of carbonyl (C=O) groups is 2. The molecule has 0 aliphatic heterocycles. The normalized spacial score (nSPS) is 13.6. The number of allylic oxidation sites excluding steroid dienone is 6. The van der Waals surface area contributed by atoms with Crippen molar-refractivity contribution in [2.45, 2.75) is 206 Å². The van der Waals surface area contributed by atoms with Gasteiger partial charge in [0.2, 0.25) is 0 Å². The quantitative estimate of drug-likeness (QED) is 0.0182. The third-order valence-corrected chi connectivity index (χ3v) is 9.84. The third kappa shape index (κ3) is 42.9. The van der Waals surface area contributed by atoms with Gasteiger partial charge in [0, 0.05) is 12.8 Å². The van der Waals surface area contributed by atoms with Crippen LogP contribution in [0.25, 0.3) is 0 Å². The molecule has 3 N–H and O–H groups in total. The van der Waals surface area contributed by atoms with E-state index in [1.165, 1.54) is 103 Å². The Morgan fingerprint density at radius 2 is 1.16 bits per heavy atom. The van der Waals surface area contributed by atoms with Gasteiger partial charge in [0.1, 0.15) is 6.61 Å². The molecule has 0 aliphatic rings. The Hall–Kier alpha value is -2.03. The molecule has 0 saturated heterocycles. The Morgan fingerprint density at radius 1 is 0.618 bits per heavy atom. The molecule has 0 unspecified atom stereocenters. The van der Waals surface area contributed by atoms with Crippen molar-refractivity contribution in [1.82, 2.24) is 0 Å². The van der Waals surface area contributed by atoms with Crippen LogP contribution in [0.4, 0.5) is 0 Å². The van der Waals surface area contributed by atoms with Crippen LogP contribution < -0.4 is 0 Å². The lowest BCUT2D eigenvalue weighted by molar-refractivity contribution is -0.161. The van der Waals surface area contributed by atoms with Gasteiger partial charge in [0.15, 0.2) is 6.10 Å². The maximum absolute atomic E-state index is 12.4. The first-order chi connectivity index (χ1) is 26.5. The maximum atomic E-state index is 12.4. The van der Waals surface area contributed by atoms with Crippen molar-refractivity contribution in [3.63, 3.8) is 0 Å². The molecule has 320 valence electrons. The average molecular weight is 797 g/mol. The molecule has 0 spiro atoms. The number of ether oxygens (including phenoxy) is 2. The number of aliphatic hydroxyl groups is 1. The number of phosphoric acid groups is 1. The van der Waals surface area contributed by atoms with E-state index in [2.05, 4.69) is 31.4 Å². The lowest BCUT2D eigenvalue weighted by Crippen LogP contribution is -2.29. The number of phosphoric ester groups is 1. The Labute approximate surface area is 336 Å². The summed E-state index contributed by atoms with van der Waals surface area (Å²) in [5.41, 5.74) is 0. The van der Waals surface area contributed by atoms with E-state index >= 15 is 0 Å². The summed E-state index contributed by atoms with van der Waals surface area (Å²) in [6.45, 7) is 5.89. The number of rotatable bonds is 39. The van der Waals surface area contributed by atoms with Crippen LogP contribution in [0.15, 0.2) is 48.6 Å². The van der Waals surface area contributed by atoms with Crippen LogP contribution in [0, 0.1) is 5.92 Å². The topological polar surface area (TPSA) is 140 Å². The smallest absolute Gasteiger partial charge is 0.462 e. The van der Waals surface area contributed by atoms with Crippen LogP contribution in [0.5, 0.6) is 0 Å². The maximum Gasteiger partial charge on any atom is 0.469 e. The van der Waals surface area contributed by atoms with E-state index in [1.807, 2.05) is 36.5 Å². The molecular formula is C45H81O9P. The zero-order chi connectivity index (χ0) is 40.7. The molecule has 0 fully saturated rings. The summed E-state index contributed by atoms with van der Waals surface area (Å²) in [7, 11) is -4.78. The summed E-state index contributed by atoms with van der Waals surface area (Å²) in [6.07, 6.45) is 43.0. The largest absolute Gasteiger partial charge is 0.469 e. The molecule has 0 heterocycles. The van der Waals surface area contributed by atoms with Gasteiger partial charge in [-0.15, -0.1) is 0 Å². The van der Waals surface area contributed by atoms with Gasteiger partial charge in [-0.2, -0.15) is 0 Å². The number of hydrogen-bond acceptors (Lipinski definition) is 7. The van der Waals surface area contributed by atoms with E-state index in [1.54, 1.807) is 6.08 Å². The van der Waals surface area contributed by atoms with E-state index in [0.717, 1.165) is 38.0 Å². The number of hydrogen-bond donors (Lipinski definition) is 3. The molecule has 0 aromatic rings. The van der Waals surface area contributed by atoms with E-state index in [-0.39, 0.29) is 19.4 Å². The van der Waals surface area contributed by atoms with Gasteiger partial charge in [0.05, 0.1) is 12.7 Å². The van der Waals surface area contributed by atoms with Gasteiger partial charge in [-0.05, 0) is 50.9 Å². The Balaban J connectivity index is 4.03. The van der Waals surface area contributed by atoms with E-state index in [9.17, 15) is 19.3 Å². The Morgan fingerprint density at radius 3 is 1.75 bits per heavy atom.